The van der Waals surface area contributed by atoms with Gasteiger partial charge >= 0.3 is 0 Å². The van der Waals surface area contributed by atoms with E-state index >= 15 is 0 Å². The summed E-state index contributed by atoms with van der Waals surface area (Å²) in [6, 6.07) is 0. The van der Waals surface area contributed by atoms with Crippen molar-refractivity contribution in [1.29, 1.82) is 0 Å². The Labute approximate surface area is 128 Å². The molecule has 0 aromatic rings. The first kappa shape index (κ1) is 14.0. The molecule has 4 aliphatic carbocycles. The van der Waals surface area contributed by atoms with Gasteiger partial charge in [0.15, 0.2) is 5.78 Å². The second-order valence-electron chi connectivity index (χ2n) is 8.65. The summed E-state index contributed by atoms with van der Waals surface area (Å²) in [4.78, 5) is 12.1. The van der Waals surface area contributed by atoms with Crippen molar-refractivity contribution >= 4 is 5.78 Å². The molecule has 7 atom stereocenters. The lowest BCUT2D eigenvalue weighted by Crippen LogP contribution is -2.52. The van der Waals surface area contributed by atoms with Gasteiger partial charge in [0, 0.05) is 11.8 Å². The molecule has 2 nitrogen and oxygen atoms in total. The van der Waals surface area contributed by atoms with Gasteiger partial charge in [-0.25, -0.2) is 0 Å². The van der Waals surface area contributed by atoms with Gasteiger partial charge in [-0.2, -0.15) is 0 Å². The van der Waals surface area contributed by atoms with E-state index in [1.165, 1.54) is 32.1 Å². The number of carbonyl (C=O) groups excluding carboxylic acids is 1. The first-order valence-electron chi connectivity index (χ1n) is 8.84. The fourth-order valence-electron chi connectivity index (χ4n) is 6.60. The third-order valence-electron chi connectivity index (χ3n) is 7.95. The predicted octanol–water partition coefficient (Wildman–Crippen LogP) is 3.74. The van der Waals surface area contributed by atoms with Gasteiger partial charge < -0.3 is 5.11 Å². The number of Topliss-reactive ketones (excluding diaryl/α,β-unsaturated/α-hetero) is 1. The van der Waals surface area contributed by atoms with E-state index in [1.54, 1.807) is 0 Å². The molecule has 0 saturated heterocycles. The second-order valence-corrected chi connectivity index (χ2v) is 8.65. The molecule has 2 unspecified atom stereocenters. The third kappa shape index (κ3) is 1.72. The van der Waals surface area contributed by atoms with Gasteiger partial charge in [0.2, 0.25) is 0 Å². The normalized spacial score (nSPS) is 55.8. The van der Waals surface area contributed by atoms with Crippen molar-refractivity contribution in [1.82, 2.24) is 0 Å². The summed E-state index contributed by atoms with van der Waals surface area (Å²) in [6.45, 7) is 4.69. The van der Waals surface area contributed by atoms with Gasteiger partial charge in [-0.1, -0.05) is 26.0 Å². The van der Waals surface area contributed by atoms with Crippen LogP contribution in [0.3, 0.4) is 0 Å². The number of hydrogen-bond donors (Lipinski definition) is 1. The summed E-state index contributed by atoms with van der Waals surface area (Å²) < 4.78 is 0. The molecule has 2 heteroatoms. The Balaban J connectivity index is 1.69. The summed E-state index contributed by atoms with van der Waals surface area (Å²) >= 11 is 0. The summed E-state index contributed by atoms with van der Waals surface area (Å²) in [6.07, 6.45) is 12.1. The van der Waals surface area contributed by atoms with Crippen LogP contribution in [0.25, 0.3) is 0 Å². The smallest absolute Gasteiger partial charge is 0.162 e. The van der Waals surface area contributed by atoms with Gasteiger partial charge in [0.25, 0.3) is 0 Å². The molecule has 0 radical (unpaired) electrons. The molecule has 0 aromatic carbocycles. The lowest BCUT2D eigenvalue weighted by Gasteiger charge is -2.59. The van der Waals surface area contributed by atoms with Gasteiger partial charge in [-0.05, 0) is 67.6 Å². The Bertz CT molecular complexity index is 496. The van der Waals surface area contributed by atoms with Crippen molar-refractivity contribution in [2.75, 3.05) is 0 Å². The van der Waals surface area contributed by atoms with Crippen LogP contribution < -0.4 is 0 Å². The highest BCUT2D eigenvalue weighted by Crippen LogP contribution is 2.64. The van der Waals surface area contributed by atoms with E-state index in [0.717, 1.165) is 18.3 Å². The van der Waals surface area contributed by atoms with Gasteiger partial charge in [-0.3, -0.25) is 4.79 Å². The summed E-state index contributed by atoms with van der Waals surface area (Å²) in [5.41, 5.74) is 0.307. The number of fused-ring (bicyclic) bond motifs is 5. The molecule has 1 N–H and O–H groups in total. The molecule has 21 heavy (non-hydrogen) atoms. The van der Waals surface area contributed by atoms with Crippen LogP contribution in [0.1, 0.15) is 58.8 Å². The monoisotopic (exact) mass is 288 g/mol. The molecule has 0 spiro atoms. The van der Waals surface area contributed by atoms with E-state index in [0.29, 0.717) is 23.7 Å². The van der Waals surface area contributed by atoms with Crippen LogP contribution in [-0.2, 0) is 4.79 Å². The number of aliphatic hydroxyl groups excluding tert-OH is 1. The minimum atomic E-state index is -0.694. The maximum absolute atomic E-state index is 12.1. The molecule has 0 aliphatic heterocycles. The van der Waals surface area contributed by atoms with Gasteiger partial charge in [0.05, 0.1) is 0 Å². The molecule has 4 rings (SSSR count). The first-order chi connectivity index (χ1) is 9.97. The Hall–Kier alpha value is -0.630. The predicted molar refractivity (Wildman–Crippen MR) is 82.6 cm³/mol. The Morgan fingerprint density at radius 1 is 1.10 bits per heavy atom. The zero-order valence-corrected chi connectivity index (χ0v) is 13.3. The van der Waals surface area contributed by atoms with Crippen LogP contribution in [-0.4, -0.2) is 17.0 Å². The van der Waals surface area contributed by atoms with E-state index < -0.39 is 6.10 Å². The topological polar surface area (TPSA) is 37.3 Å². The molecule has 3 fully saturated rings. The van der Waals surface area contributed by atoms with E-state index in [4.69, 9.17) is 0 Å². The Kier molecular flexibility index (Phi) is 2.96. The quantitative estimate of drug-likeness (QED) is 0.690. The van der Waals surface area contributed by atoms with E-state index in [1.807, 2.05) is 0 Å². The van der Waals surface area contributed by atoms with Gasteiger partial charge in [-0.15, -0.1) is 0 Å². The van der Waals surface area contributed by atoms with Gasteiger partial charge in [0.1, 0.15) is 6.10 Å². The largest absolute Gasteiger partial charge is 0.385 e. The highest BCUT2D eigenvalue weighted by molar-refractivity contribution is 5.86. The second kappa shape index (κ2) is 4.44. The zero-order chi connectivity index (χ0) is 14.8. The summed E-state index contributed by atoms with van der Waals surface area (Å²) in [5.74, 6) is 2.72. The number of carbonyl (C=O) groups is 1. The maximum atomic E-state index is 12.1. The van der Waals surface area contributed by atoms with Crippen molar-refractivity contribution in [2.45, 2.75) is 64.9 Å². The molecule has 0 heterocycles. The minimum Gasteiger partial charge on any atom is -0.385 e. The molecule has 0 aromatic heterocycles. The van der Waals surface area contributed by atoms with Crippen LogP contribution >= 0.6 is 0 Å². The third-order valence-corrected chi connectivity index (χ3v) is 7.95. The molecule has 4 aliphatic rings. The number of allylic oxidation sites excluding steroid dienone is 2. The van der Waals surface area contributed by atoms with E-state index in [-0.39, 0.29) is 11.2 Å². The van der Waals surface area contributed by atoms with Crippen LogP contribution in [0.2, 0.25) is 0 Å². The number of aliphatic hydroxyl groups is 1. The lowest BCUT2D eigenvalue weighted by atomic mass is 9.46. The summed E-state index contributed by atoms with van der Waals surface area (Å²) in [7, 11) is 0. The number of rotatable bonds is 0. The summed E-state index contributed by atoms with van der Waals surface area (Å²) in [5, 5.41) is 10.4. The standard InChI is InChI=1S/C19H28O2/c1-18-9-4-3-5-12(18)6-7-13-14(18)8-10-19(2)15(13)11-16(20)17(19)21/h3,5,12-15,17,21H,4,6-11H2,1-2H3/t12?,13-,14+,15+,17?,18+,19+/m1/s1. The highest BCUT2D eigenvalue weighted by Gasteiger charge is 2.61. The van der Waals surface area contributed by atoms with Crippen LogP contribution in [0.15, 0.2) is 12.2 Å². The van der Waals surface area contributed by atoms with Crippen molar-refractivity contribution < 1.29 is 9.90 Å². The lowest BCUT2D eigenvalue weighted by molar-refractivity contribution is -0.130. The van der Waals surface area contributed by atoms with E-state index in [9.17, 15) is 9.90 Å². The molecular weight excluding hydrogens is 260 g/mol. The zero-order valence-electron chi connectivity index (χ0n) is 13.3. The fourth-order valence-corrected chi connectivity index (χ4v) is 6.60. The van der Waals surface area contributed by atoms with E-state index in [2.05, 4.69) is 26.0 Å². The molecule has 0 bridgehead atoms. The fraction of sp³-hybridized carbons (Fsp3) is 0.842. The van der Waals surface area contributed by atoms with Crippen LogP contribution in [0.5, 0.6) is 0 Å². The van der Waals surface area contributed by atoms with Crippen molar-refractivity contribution in [2.24, 2.45) is 34.5 Å². The molecular formula is C19H28O2. The SMILES string of the molecule is C[C@]12CCC=CC1CC[C@@H]1[C@@H]2CC[C@]2(C)C(O)C(=O)C[C@@H]12. The van der Waals surface area contributed by atoms with Crippen molar-refractivity contribution in [3.8, 4) is 0 Å². The average molecular weight is 288 g/mol. The Morgan fingerprint density at radius 3 is 2.71 bits per heavy atom. The van der Waals surface area contributed by atoms with Crippen molar-refractivity contribution in [3.05, 3.63) is 12.2 Å². The van der Waals surface area contributed by atoms with Crippen molar-refractivity contribution in [3.63, 3.8) is 0 Å². The molecule has 0 amide bonds. The number of ketones is 1. The Morgan fingerprint density at radius 2 is 1.90 bits per heavy atom. The van der Waals surface area contributed by atoms with Crippen LogP contribution in [0, 0.1) is 34.5 Å². The minimum absolute atomic E-state index is 0.110. The molecule has 3 saturated carbocycles. The molecule has 116 valence electrons. The van der Waals surface area contributed by atoms with Crippen LogP contribution in [0.4, 0.5) is 0 Å². The first-order valence-corrected chi connectivity index (χ1v) is 8.84. The highest BCUT2D eigenvalue weighted by atomic mass is 16.3. The maximum Gasteiger partial charge on any atom is 0.162 e. The average Bonchev–Trinajstić information content (AvgIpc) is 2.70. The number of hydrogen-bond acceptors (Lipinski definition) is 2.